The van der Waals surface area contributed by atoms with Crippen molar-refractivity contribution in [3.05, 3.63) is 47.8 Å². The molecule has 0 aromatic heterocycles. The molecule has 11 atom stereocenters. The third-order valence-electron chi connectivity index (χ3n) is 14.4. The molecule has 1 aromatic rings. The Kier molecular flexibility index (Phi) is 20.5. The van der Waals surface area contributed by atoms with Crippen molar-refractivity contribution in [2.75, 3.05) is 41.4 Å². The second-order valence-corrected chi connectivity index (χ2v) is 19.6. The van der Waals surface area contributed by atoms with Crippen LogP contribution in [0.5, 0.6) is 0 Å². The Bertz CT molecular complexity index is 1910. The van der Waals surface area contributed by atoms with E-state index in [1.165, 1.54) is 42.4 Å². The quantitative estimate of drug-likeness (QED) is 0.0795. The molecule has 2 unspecified atom stereocenters. The molecule has 2 heterocycles. The number of likely N-dealkylation sites (N-methyl/N-ethyl adjacent to an activating group) is 2. The zero-order chi connectivity index (χ0) is 49.9. The predicted molar refractivity (Wildman–Crippen MR) is 251 cm³/mol. The van der Waals surface area contributed by atoms with Crippen molar-refractivity contribution in [1.29, 1.82) is 0 Å². The normalized spacial score (nSPS) is 21.4. The zero-order valence-corrected chi connectivity index (χ0v) is 41.5. The molecule has 4 rings (SSSR count). The number of methoxy groups -OCH3 is 2. The van der Waals surface area contributed by atoms with Gasteiger partial charge in [-0.1, -0.05) is 79.5 Å². The Morgan fingerprint density at radius 2 is 1.55 bits per heavy atom. The topological polar surface area (TPSA) is 195 Å². The number of nitrogens with one attached hydrogen (secondary N) is 2. The molecule has 3 N–H and O–H groups in total. The highest BCUT2D eigenvalue weighted by Crippen LogP contribution is 2.50. The summed E-state index contributed by atoms with van der Waals surface area (Å²) in [4.78, 5) is 98.6. The van der Waals surface area contributed by atoms with Crippen molar-refractivity contribution in [3.63, 3.8) is 0 Å². The van der Waals surface area contributed by atoms with Gasteiger partial charge >= 0.3 is 5.97 Å². The van der Waals surface area contributed by atoms with Crippen LogP contribution in [0, 0.1) is 35.4 Å². The van der Waals surface area contributed by atoms with E-state index in [1.807, 2.05) is 46.4 Å². The predicted octanol–water partition coefficient (Wildman–Crippen LogP) is 4.44. The van der Waals surface area contributed by atoms with Gasteiger partial charge in [-0.2, -0.15) is 0 Å². The number of unbranched alkanes of at least 4 members (excludes halogenated alkanes) is 2. The number of rotatable bonds is 28. The van der Waals surface area contributed by atoms with Crippen molar-refractivity contribution in [3.8, 4) is 0 Å². The lowest BCUT2D eigenvalue weighted by molar-refractivity contribution is -0.148. The first kappa shape index (κ1) is 54.9. The van der Waals surface area contributed by atoms with Gasteiger partial charge in [0.05, 0.1) is 42.7 Å². The van der Waals surface area contributed by atoms with Gasteiger partial charge in [-0.15, -0.1) is 0 Å². The zero-order valence-electron chi connectivity index (χ0n) is 41.5. The number of carbonyl (C=O) groups is 7. The van der Waals surface area contributed by atoms with Crippen molar-refractivity contribution >= 4 is 41.4 Å². The first-order valence-corrected chi connectivity index (χ1v) is 24.1. The number of carboxylic acids is 1. The molecule has 67 heavy (non-hydrogen) atoms. The molecule has 0 bridgehead atoms. The van der Waals surface area contributed by atoms with Gasteiger partial charge in [-0.3, -0.25) is 33.7 Å². The standard InChI is InChI=1S/C50H77FN6O10/c1-12-31(6)46(55(9)49(63)45(30(4)5)52-28-39(29(2)3)54(8)41(58)20-14-13-17-23-56-42(59)21-22-43(56)60)40(66-10)27-44(61)57-37-25-34(37)26-38(57)47(67-11)32(7)48(62)53-36(50(64)65)24-33-18-15-16-19-35(33)51/h15-16,18-19,21-22,29-32,34,36-40,45-47,52H,12-14,17,20,23-28H2,1-11H3,(H,53,62)(H,64,65)/t31-,32+,34+,36-,37?,38-,39+,40+,45-,46?,47+/m0/s1. The summed E-state index contributed by atoms with van der Waals surface area (Å²) in [5.41, 5.74) is 0.162. The fourth-order valence-electron chi connectivity index (χ4n) is 10.0. The lowest BCUT2D eigenvalue weighted by atomic mass is 9.89. The maximum atomic E-state index is 14.6. The molecule has 1 aliphatic carbocycles. The number of halogens is 1. The van der Waals surface area contributed by atoms with Gasteiger partial charge in [0.2, 0.25) is 23.6 Å². The molecular formula is C50H77FN6O10. The second-order valence-electron chi connectivity index (χ2n) is 19.6. The molecule has 17 heteroatoms. The van der Waals surface area contributed by atoms with Crippen LogP contribution in [0.25, 0.3) is 0 Å². The van der Waals surface area contributed by atoms with Crippen LogP contribution in [0.2, 0.25) is 0 Å². The number of amides is 6. The number of benzene rings is 1. The van der Waals surface area contributed by atoms with E-state index >= 15 is 0 Å². The molecule has 2 fully saturated rings. The third kappa shape index (κ3) is 13.9. The van der Waals surface area contributed by atoms with E-state index in [1.54, 1.807) is 44.0 Å². The summed E-state index contributed by atoms with van der Waals surface area (Å²) in [7, 11) is 6.55. The van der Waals surface area contributed by atoms with E-state index in [2.05, 4.69) is 10.6 Å². The summed E-state index contributed by atoms with van der Waals surface area (Å²) in [6, 6.07) is 2.61. The molecule has 16 nitrogen and oxygen atoms in total. The number of fused-ring (bicyclic) bond motifs is 1. The van der Waals surface area contributed by atoms with Crippen LogP contribution in [-0.2, 0) is 49.5 Å². The first-order chi connectivity index (χ1) is 31.7. The molecule has 6 amide bonds. The average Bonchev–Trinajstić information content (AvgIpc) is 3.83. The van der Waals surface area contributed by atoms with Crippen molar-refractivity contribution < 1.29 is 52.5 Å². The lowest BCUT2D eigenvalue weighted by Crippen LogP contribution is -2.58. The summed E-state index contributed by atoms with van der Waals surface area (Å²) in [5, 5.41) is 16.0. The van der Waals surface area contributed by atoms with E-state index < -0.39 is 60.0 Å². The van der Waals surface area contributed by atoms with Crippen LogP contribution in [0.15, 0.2) is 36.4 Å². The number of piperidine rings is 1. The van der Waals surface area contributed by atoms with Gasteiger partial charge in [0.1, 0.15) is 11.9 Å². The fourth-order valence-corrected chi connectivity index (χ4v) is 10.0. The largest absolute Gasteiger partial charge is 0.480 e. The maximum Gasteiger partial charge on any atom is 0.326 e. The Labute approximate surface area is 396 Å². The Morgan fingerprint density at radius 3 is 2.12 bits per heavy atom. The van der Waals surface area contributed by atoms with Gasteiger partial charge in [0.15, 0.2) is 0 Å². The molecule has 1 saturated heterocycles. The Balaban J connectivity index is 1.41. The molecule has 3 aliphatic rings. The summed E-state index contributed by atoms with van der Waals surface area (Å²) >= 11 is 0. The lowest BCUT2D eigenvalue weighted by Gasteiger charge is -2.41. The number of aliphatic carboxylic acids is 1. The summed E-state index contributed by atoms with van der Waals surface area (Å²) in [5.74, 6) is -4.19. The van der Waals surface area contributed by atoms with Crippen molar-refractivity contribution in [2.45, 2.75) is 155 Å². The Morgan fingerprint density at radius 1 is 0.896 bits per heavy atom. The van der Waals surface area contributed by atoms with Gasteiger partial charge < -0.3 is 39.9 Å². The van der Waals surface area contributed by atoms with E-state index in [-0.39, 0.29) is 83.7 Å². The fraction of sp³-hybridized carbons (Fsp3) is 0.700. The minimum atomic E-state index is -1.38. The highest BCUT2D eigenvalue weighted by molar-refractivity contribution is 6.12. The second kappa shape index (κ2) is 25.0. The molecule has 2 aliphatic heterocycles. The number of imide groups is 1. The first-order valence-electron chi connectivity index (χ1n) is 24.1. The molecule has 1 saturated carbocycles. The number of hydrogen-bond acceptors (Lipinski definition) is 10. The van der Waals surface area contributed by atoms with E-state index in [0.29, 0.717) is 51.6 Å². The van der Waals surface area contributed by atoms with Crippen LogP contribution < -0.4 is 10.6 Å². The number of nitrogens with zero attached hydrogens (tertiary/aromatic N) is 4. The molecule has 374 valence electrons. The van der Waals surface area contributed by atoms with Crippen LogP contribution in [0.1, 0.15) is 105 Å². The molecule has 0 radical (unpaired) electrons. The molecule has 0 spiro atoms. The van der Waals surface area contributed by atoms with Gasteiger partial charge in [-0.05, 0) is 61.0 Å². The molecule has 1 aromatic carbocycles. The van der Waals surface area contributed by atoms with E-state index in [0.717, 1.165) is 6.42 Å². The minimum Gasteiger partial charge on any atom is -0.480 e. The third-order valence-corrected chi connectivity index (χ3v) is 14.4. The maximum absolute atomic E-state index is 14.6. The van der Waals surface area contributed by atoms with Crippen LogP contribution in [0.3, 0.4) is 0 Å². The van der Waals surface area contributed by atoms with Crippen molar-refractivity contribution in [1.82, 2.24) is 30.2 Å². The monoisotopic (exact) mass is 941 g/mol. The highest BCUT2D eigenvalue weighted by atomic mass is 19.1. The van der Waals surface area contributed by atoms with Crippen molar-refractivity contribution in [2.24, 2.45) is 29.6 Å². The van der Waals surface area contributed by atoms with Gasteiger partial charge in [0, 0.05) is 78.5 Å². The van der Waals surface area contributed by atoms with Crippen LogP contribution in [0.4, 0.5) is 4.39 Å². The van der Waals surface area contributed by atoms with E-state index in [9.17, 15) is 43.1 Å². The van der Waals surface area contributed by atoms with E-state index in [4.69, 9.17) is 9.47 Å². The Hall–Kier alpha value is -4.74. The van der Waals surface area contributed by atoms with Gasteiger partial charge in [0.25, 0.3) is 11.8 Å². The van der Waals surface area contributed by atoms with Gasteiger partial charge in [-0.25, -0.2) is 9.18 Å². The smallest absolute Gasteiger partial charge is 0.326 e. The molecular weight excluding hydrogens is 864 g/mol. The summed E-state index contributed by atoms with van der Waals surface area (Å²) in [6.07, 6.45) is 5.17. The minimum absolute atomic E-state index is 0.0275. The van der Waals surface area contributed by atoms with Crippen LogP contribution in [-0.4, -0.2) is 156 Å². The summed E-state index contributed by atoms with van der Waals surface area (Å²) in [6.45, 7) is 14.4. The number of hydrogen-bond donors (Lipinski definition) is 3. The number of ether oxygens (including phenoxy) is 2. The van der Waals surface area contributed by atoms with Crippen LogP contribution >= 0.6 is 0 Å². The number of carbonyl (C=O) groups excluding carboxylic acids is 6. The number of likely N-dealkylation sites (tertiary alicyclic amines) is 1. The highest BCUT2D eigenvalue weighted by Gasteiger charge is 2.57. The number of carboxylic acid groups (broad SMARTS) is 1. The average molecular weight is 941 g/mol. The SMILES string of the molecule is CC[C@H](C)C([C@@H](CC(=O)N1C2C[C@@H]2C[C@H]1[C@H](OC)[C@@H](C)C(=O)N[C@@H](Cc1ccccc1F)C(=O)O)OC)N(C)C(=O)[C@@H](NC[C@H](C(C)C)N(C)C(=O)CCCCCN1C(=O)C=CC1=O)C(C)C. The summed E-state index contributed by atoms with van der Waals surface area (Å²) < 4.78 is 26.5.